The van der Waals surface area contributed by atoms with Crippen LogP contribution in [0.1, 0.15) is 26.6 Å². The average Bonchev–Trinajstić information content (AvgIpc) is 2.36. The summed E-state index contributed by atoms with van der Waals surface area (Å²) in [5.41, 5.74) is 1.09. The largest absolute Gasteiger partial charge is 0.373 e. The summed E-state index contributed by atoms with van der Waals surface area (Å²) < 4.78 is 13.5. The molecule has 0 atom stereocenters. The van der Waals surface area contributed by atoms with Crippen LogP contribution in [0.5, 0.6) is 0 Å². The first-order chi connectivity index (χ1) is 9.29. The van der Waals surface area contributed by atoms with E-state index < -0.39 is 0 Å². The molecular formula is C15H17ClFN3. The van der Waals surface area contributed by atoms with Gasteiger partial charge in [-0.2, -0.15) is 0 Å². The predicted molar refractivity (Wildman–Crippen MR) is 80.7 cm³/mol. The lowest BCUT2D eigenvalue weighted by Gasteiger charge is -2.18. The van der Waals surface area contributed by atoms with Crippen LogP contribution in [0.15, 0.2) is 24.3 Å². The first-order valence-electron chi connectivity index (χ1n) is 6.33. The smallest absolute Gasteiger partial charge is 0.136 e. The van der Waals surface area contributed by atoms with E-state index in [2.05, 4.69) is 15.3 Å². The first kappa shape index (κ1) is 14.7. The second-order valence-corrected chi connectivity index (χ2v) is 6.06. The lowest BCUT2D eigenvalue weighted by molar-refractivity contribution is 0.547. The number of rotatable bonds is 2. The van der Waals surface area contributed by atoms with Crippen LogP contribution in [0, 0.1) is 5.82 Å². The van der Waals surface area contributed by atoms with Gasteiger partial charge in [-0.05, 0) is 18.2 Å². The van der Waals surface area contributed by atoms with Crippen LogP contribution in [0.4, 0.5) is 10.2 Å². The molecule has 0 amide bonds. The number of halogens is 2. The molecule has 0 saturated heterocycles. The first-order valence-corrected chi connectivity index (χ1v) is 6.71. The molecule has 1 aromatic heterocycles. The van der Waals surface area contributed by atoms with Crippen molar-refractivity contribution in [3.63, 3.8) is 0 Å². The summed E-state index contributed by atoms with van der Waals surface area (Å²) in [6.07, 6.45) is 0. The normalized spacial score (nSPS) is 11.5. The minimum Gasteiger partial charge on any atom is -0.373 e. The van der Waals surface area contributed by atoms with Gasteiger partial charge in [-0.1, -0.05) is 32.4 Å². The molecule has 5 heteroatoms. The molecule has 20 heavy (non-hydrogen) atoms. The maximum absolute atomic E-state index is 13.5. The Kier molecular flexibility index (Phi) is 3.95. The second kappa shape index (κ2) is 5.37. The highest BCUT2D eigenvalue weighted by molar-refractivity contribution is 6.30. The van der Waals surface area contributed by atoms with Crippen molar-refractivity contribution in [2.75, 3.05) is 12.4 Å². The minimum absolute atomic E-state index is 0.196. The maximum Gasteiger partial charge on any atom is 0.136 e. The van der Waals surface area contributed by atoms with E-state index in [-0.39, 0.29) is 11.2 Å². The zero-order valence-corrected chi connectivity index (χ0v) is 12.7. The van der Waals surface area contributed by atoms with Crippen molar-refractivity contribution < 1.29 is 4.39 Å². The van der Waals surface area contributed by atoms with Crippen molar-refractivity contribution in [1.29, 1.82) is 0 Å². The molecule has 0 aliphatic rings. The van der Waals surface area contributed by atoms with Gasteiger partial charge in [0.05, 0.1) is 5.69 Å². The number of benzene rings is 1. The van der Waals surface area contributed by atoms with E-state index in [1.807, 2.05) is 20.8 Å². The number of nitrogens with one attached hydrogen (secondary N) is 1. The Morgan fingerprint density at radius 1 is 1.10 bits per heavy atom. The van der Waals surface area contributed by atoms with Gasteiger partial charge < -0.3 is 5.32 Å². The summed E-state index contributed by atoms with van der Waals surface area (Å²) in [6, 6.07) is 6.16. The molecule has 1 heterocycles. The quantitative estimate of drug-likeness (QED) is 0.898. The summed E-state index contributed by atoms with van der Waals surface area (Å²) in [7, 11) is 1.79. The van der Waals surface area contributed by atoms with Crippen molar-refractivity contribution in [2.24, 2.45) is 0 Å². The van der Waals surface area contributed by atoms with Crippen LogP contribution in [0.3, 0.4) is 0 Å². The van der Waals surface area contributed by atoms with Crippen LogP contribution < -0.4 is 5.32 Å². The van der Waals surface area contributed by atoms with Crippen LogP contribution >= 0.6 is 11.6 Å². The molecule has 1 aromatic carbocycles. The van der Waals surface area contributed by atoms with Crippen molar-refractivity contribution in [3.05, 3.63) is 40.9 Å². The lowest BCUT2D eigenvalue weighted by atomic mass is 9.95. The zero-order chi connectivity index (χ0) is 14.9. The monoisotopic (exact) mass is 293 g/mol. The summed E-state index contributed by atoms with van der Waals surface area (Å²) >= 11 is 5.90. The van der Waals surface area contributed by atoms with E-state index in [0.29, 0.717) is 27.9 Å². The fraction of sp³-hybridized carbons (Fsp3) is 0.333. The number of hydrogen-bond donors (Lipinski definition) is 1. The van der Waals surface area contributed by atoms with Crippen LogP contribution in [-0.4, -0.2) is 17.0 Å². The van der Waals surface area contributed by atoms with Gasteiger partial charge in [0.1, 0.15) is 17.5 Å². The van der Waals surface area contributed by atoms with E-state index >= 15 is 0 Å². The molecule has 1 N–H and O–H groups in total. The zero-order valence-electron chi connectivity index (χ0n) is 12.0. The molecule has 0 spiro atoms. The topological polar surface area (TPSA) is 37.8 Å². The highest BCUT2D eigenvalue weighted by Crippen LogP contribution is 2.27. The highest BCUT2D eigenvalue weighted by Gasteiger charge is 2.19. The van der Waals surface area contributed by atoms with E-state index in [9.17, 15) is 4.39 Å². The number of hydrogen-bond acceptors (Lipinski definition) is 3. The average molecular weight is 294 g/mol. The molecule has 0 fully saturated rings. The second-order valence-electron chi connectivity index (χ2n) is 5.62. The summed E-state index contributed by atoms with van der Waals surface area (Å²) in [5, 5.41) is 3.35. The maximum atomic E-state index is 13.5. The van der Waals surface area contributed by atoms with E-state index in [0.717, 1.165) is 0 Å². The van der Waals surface area contributed by atoms with Crippen molar-refractivity contribution in [3.8, 4) is 11.3 Å². The van der Waals surface area contributed by atoms with Gasteiger partial charge in [-0.25, -0.2) is 14.4 Å². The molecule has 2 aromatic rings. The van der Waals surface area contributed by atoms with Gasteiger partial charge in [0.15, 0.2) is 0 Å². The molecule has 0 bridgehead atoms. The minimum atomic E-state index is -0.380. The van der Waals surface area contributed by atoms with Gasteiger partial charge in [-0.15, -0.1) is 0 Å². The highest BCUT2D eigenvalue weighted by atomic mass is 35.5. The van der Waals surface area contributed by atoms with E-state index in [1.165, 1.54) is 12.1 Å². The summed E-state index contributed by atoms with van der Waals surface area (Å²) in [5.74, 6) is 1.01. The SMILES string of the molecule is CNc1cc(-c2cc(F)cc(Cl)c2)nc(C(C)(C)C)n1. The Morgan fingerprint density at radius 2 is 1.80 bits per heavy atom. The van der Waals surface area contributed by atoms with Crippen LogP contribution in [0.2, 0.25) is 5.02 Å². The van der Waals surface area contributed by atoms with Gasteiger partial charge in [0.25, 0.3) is 0 Å². The van der Waals surface area contributed by atoms with Gasteiger partial charge in [-0.3, -0.25) is 0 Å². The Balaban J connectivity index is 2.61. The molecule has 0 unspecified atom stereocenters. The third kappa shape index (κ3) is 3.25. The van der Waals surface area contributed by atoms with Crippen molar-refractivity contribution >= 4 is 17.4 Å². The third-order valence-electron chi connectivity index (χ3n) is 2.81. The van der Waals surface area contributed by atoms with Crippen LogP contribution in [-0.2, 0) is 5.41 Å². The van der Waals surface area contributed by atoms with E-state index in [4.69, 9.17) is 11.6 Å². The van der Waals surface area contributed by atoms with Crippen molar-refractivity contribution in [2.45, 2.75) is 26.2 Å². The summed E-state index contributed by atoms with van der Waals surface area (Å²) in [6.45, 7) is 6.10. The Bertz CT molecular complexity index is 615. The van der Waals surface area contributed by atoms with Gasteiger partial charge >= 0.3 is 0 Å². The van der Waals surface area contributed by atoms with Crippen LogP contribution in [0.25, 0.3) is 11.3 Å². The fourth-order valence-electron chi connectivity index (χ4n) is 1.76. The lowest BCUT2D eigenvalue weighted by Crippen LogP contribution is -2.17. The fourth-order valence-corrected chi connectivity index (χ4v) is 1.98. The third-order valence-corrected chi connectivity index (χ3v) is 3.03. The number of nitrogens with zero attached hydrogens (tertiary/aromatic N) is 2. The molecular weight excluding hydrogens is 277 g/mol. The van der Waals surface area contributed by atoms with Gasteiger partial charge in [0.2, 0.25) is 0 Å². The van der Waals surface area contributed by atoms with E-state index in [1.54, 1.807) is 19.2 Å². The van der Waals surface area contributed by atoms with Gasteiger partial charge in [0, 0.05) is 29.1 Å². The molecule has 106 valence electrons. The Morgan fingerprint density at radius 3 is 2.35 bits per heavy atom. The Labute approximate surface area is 123 Å². The number of anilines is 1. The standard InChI is InChI=1S/C15H17ClFN3/c1-15(2,3)14-19-12(8-13(18-4)20-14)9-5-10(16)7-11(17)6-9/h5-8H,1-4H3,(H,18,19,20). The molecule has 0 aliphatic heterocycles. The Hall–Kier alpha value is -1.68. The predicted octanol–water partition coefficient (Wildman–Crippen LogP) is 4.28. The summed E-state index contributed by atoms with van der Waals surface area (Å²) in [4.78, 5) is 8.97. The molecule has 0 radical (unpaired) electrons. The molecule has 2 rings (SSSR count). The molecule has 0 aliphatic carbocycles. The molecule has 0 saturated carbocycles. The number of aromatic nitrogens is 2. The van der Waals surface area contributed by atoms with Crippen molar-refractivity contribution in [1.82, 2.24) is 9.97 Å². The molecule has 3 nitrogen and oxygen atoms in total.